The summed E-state index contributed by atoms with van der Waals surface area (Å²) in [6, 6.07) is 1.15. The van der Waals surface area contributed by atoms with Crippen molar-refractivity contribution in [2.75, 3.05) is 31.1 Å². The molecule has 0 aromatic carbocycles. The molecule has 7 nitrogen and oxygen atoms in total. The van der Waals surface area contributed by atoms with E-state index in [2.05, 4.69) is 4.98 Å². The Morgan fingerprint density at radius 2 is 2.00 bits per heavy atom. The molecule has 0 spiro atoms. The average Bonchev–Trinajstić information content (AvgIpc) is 2.62. The normalized spacial score (nSPS) is 14.8. The molecule has 8 heteroatoms. The Labute approximate surface area is 143 Å². The number of rotatable bonds is 3. The van der Waals surface area contributed by atoms with Crippen molar-refractivity contribution < 1.29 is 14.0 Å². The van der Waals surface area contributed by atoms with Crippen LogP contribution in [-0.4, -0.2) is 52.8 Å². The van der Waals surface area contributed by atoms with Crippen molar-refractivity contribution in [1.82, 2.24) is 14.5 Å². The van der Waals surface area contributed by atoms with Gasteiger partial charge in [-0.15, -0.1) is 0 Å². The Kier molecular flexibility index (Phi) is 4.52. The molecule has 0 aliphatic carbocycles. The van der Waals surface area contributed by atoms with Crippen molar-refractivity contribution >= 4 is 29.0 Å². The van der Waals surface area contributed by atoms with E-state index in [0.29, 0.717) is 44.7 Å². The minimum Gasteiger partial charge on any atom is -0.351 e. The van der Waals surface area contributed by atoms with E-state index >= 15 is 0 Å². The van der Waals surface area contributed by atoms with E-state index in [1.54, 1.807) is 14.4 Å². The standard InChI is InChI=1S/C17H19FN4O3/c1-3-20-9-12(10-23)15(25)13-8-14(18)17(19-16(13)20)22-6-4-21(5-7-22)11(2)24/h8-10H,3-7H2,1-2H3. The van der Waals surface area contributed by atoms with Crippen LogP contribution in [0.1, 0.15) is 24.2 Å². The highest BCUT2D eigenvalue weighted by Gasteiger charge is 2.23. The Morgan fingerprint density at radius 1 is 1.32 bits per heavy atom. The van der Waals surface area contributed by atoms with E-state index in [-0.39, 0.29) is 22.7 Å². The summed E-state index contributed by atoms with van der Waals surface area (Å²) < 4.78 is 16.3. The molecule has 0 unspecified atom stereocenters. The lowest BCUT2D eigenvalue weighted by atomic mass is 10.2. The Balaban J connectivity index is 2.06. The molecule has 0 atom stereocenters. The summed E-state index contributed by atoms with van der Waals surface area (Å²) in [5.74, 6) is -0.449. The van der Waals surface area contributed by atoms with Gasteiger partial charge >= 0.3 is 0 Å². The first-order chi connectivity index (χ1) is 12.0. The third kappa shape index (κ3) is 2.99. The maximum atomic E-state index is 14.6. The number of amides is 1. The van der Waals surface area contributed by atoms with E-state index in [4.69, 9.17) is 0 Å². The molecule has 0 N–H and O–H groups in total. The minimum absolute atomic E-state index is 0.00666. The lowest BCUT2D eigenvalue weighted by Gasteiger charge is -2.35. The Bertz CT molecular complexity index is 901. The first-order valence-electron chi connectivity index (χ1n) is 8.15. The van der Waals surface area contributed by atoms with E-state index in [1.807, 2.05) is 6.92 Å². The van der Waals surface area contributed by atoms with Gasteiger partial charge in [0.2, 0.25) is 11.3 Å². The van der Waals surface area contributed by atoms with Gasteiger partial charge in [-0.2, -0.15) is 0 Å². The number of nitrogens with zero attached hydrogens (tertiary/aromatic N) is 4. The first-order valence-corrected chi connectivity index (χ1v) is 8.15. The molecule has 0 bridgehead atoms. The number of aromatic nitrogens is 2. The van der Waals surface area contributed by atoms with Gasteiger partial charge < -0.3 is 14.4 Å². The van der Waals surface area contributed by atoms with Crippen LogP contribution in [0.5, 0.6) is 0 Å². The molecule has 2 aromatic heterocycles. The second kappa shape index (κ2) is 6.62. The predicted octanol–water partition coefficient (Wildman–Crippen LogP) is 1.04. The Morgan fingerprint density at radius 3 is 2.56 bits per heavy atom. The summed E-state index contributed by atoms with van der Waals surface area (Å²) in [5, 5.41) is 0.0927. The third-order valence-electron chi connectivity index (χ3n) is 4.50. The number of carbonyl (C=O) groups excluding carboxylic acids is 2. The van der Waals surface area contributed by atoms with Gasteiger partial charge in [0.15, 0.2) is 17.9 Å². The van der Waals surface area contributed by atoms with Crippen LogP contribution in [-0.2, 0) is 11.3 Å². The number of anilines is 1. The van der Waals surface area contributed by atoms with E-state index in [9.17, 15) is 18.8 Å². The number of hydrogen-bond acceptors (Lipinski definition) is 5. The molecule has 0 radical (unpaired) electrons. The molecule has 132 valence electrons. The summed E-state index contributed by atoms with van der Waals surface area (Å²) in [4.78, 5) is 42.6. The summed E-state index contributed by atoms with van der Waals surface area (Å²) in [5.41, 5.74) is -0.184. The fourth-order valence-electron chi connectivity index (χ4n) is 3.08. The maximum Gasteiger partial charge on any atom is 0.219 e. The van der Waals surface area contributed by atoms with Crippen molar-refractivity contribution in [2.45, 2.75) is 20.4 Å². The van der Waals surface area contributed by atoms with Crippen molar-refractivity contribution in [3.63, 3.8) is 0 Å². The minimum atomic E-state index is -0.605. The van der Waals surface area contributed by atoms with Crippen LogP contribution in [0.4, 0.5) is 10.2 Å². The lowest BCUT2D eigenvalue weighted by Crippen LogP contribution is -2.48. The number of halogens is 1. The van der Waals surface area contributed by atoms with Crippen LogP contribution in [0, 0.1) is 5.82 Å². The van der Waals surface area contributed by atoms with Crippen LogP contribution < -0.4 is 10.3 Å². The highest BCUT2D eigenvalue weighted by Crippen LogP contribution is 2.22. The van der Waals surface area contributed by atoms with Gasteiger partial charge in [0.1, 0.15) is 5.65 Å². The molecule has 1 aliphatic heterocycles. The molecule has 0 saturated carbocycles. The molecule has 1 saturated heterocycles. The molecule has 1 amide bonds. The summed E-state index contributed by atoms with van der Waals surface area (Å²) in [6.45, 7) is 5.80. The second-order valence-corrected chi connectivity index (χ2v) is 5.98. The third-order valence-corrected chi connectivity index (χ3v) is 4.50. The van der Waals surface area contributed by atoms with E-state index < -0.39 is 11.2 Å². The second-order valence-electron chi connectivity index (χ2n) is 5.98. The number of fused-ring (bicyclic) bond motifs is 1. The summed E-state index contributed by atoms with van der Waals surface area (Å²) >= 11 is 0. The van der Waals surface area contributed by atoms with Crippen LogP contribution in [0.15, 0.2) is 17.1 Å². The molecule has 1 fully saturated rings. The van der Waals surface area contributed by atoms with Crippen LogP contribution in [0.25, 0.3) is 11.0 Å². The quantitative estimate of drug-likeness (QED) is 0.776. The number of pyridine rings is 2. The number of aryl methyl sites for hydroxylation is 1. The summed E-state index contributed by atoms with van der Waals surface area (Å²) in [6.07, 6.45) is 1.92. The average molecular weight is 346 g/mol. The van der Waals surface area contributed by atoms with Crippen molar-refractivity contribution in [1.29, 1.82) is 0 Å². The highest BCUT2D eigenvalue weighted by atomic mass is 19.1. The predicted molar refractivity (Wildman–Crippen MR) is 91.5 cm³/mol. The zero-order valence-corrected chi connectivity index (χ0v) is 14.2. The Hall–Kier alpha value is -2.77. The zero-order chi connectivity index (χ0) is 18.1. The van der Waals surface area contributed by atoms with Crippen molar-refractivity contribution in [3.05, 3.63) is 33.9 Å². The fraction of sp³-hybridized carbons (Fsp3) is 0.412. The number of piperazine rings is 1. The van der Waals surface area contributed by atoms with E-state index in [0.717, 1.165) is 6.07 Å². The van der Waals surface area contributed by atoms with Crippen LogP contribution >= 0.6 is 0 Å². The first kappa shape index (κ1) is 17.1. The molecule has 1 aliphatic rings. The molecule has 25 heavy (non-hydrogen) atoms. The highest BCUT2D eigenvalue weighted by molar-refractivity contribution is 5.85. The van der Waals surface area contributed by atoms with Crippen LogP contribution in [0.3, 0.4) is 0 Å². The van der Waals surface area contributed by atoms with Gasteiger partial charge in [0, 0.05) is 45.8 Å². The smallest absolute Gasteiger partial charge is 0.219 e. The molecule has 2 aromatic rings. The maximum absolute atomic E-state index is 14.6. The lowest BCUT2D eigenvalue weighted by molar-refractivity contribution is -0.129. The fourth-order valence-corrected chi connectivity index (χ4v) is 3.08. The van der Waals surface area contributed by atoms with Crippen molar-refractivity contribution in [2.24, 2.45) is 0 Å². The van der Waals surface area contributed by atoms with Crippen LogP contribution in [0.2, 0.25) is 0 Å². The van der Waals surface area contributed by atoms with Gasteiger partial charge in [-0.25, -0.2) is 9.37 Å². The van der Waals surface area contributed by atoms with Crippen molar-refractivity contribution in [3.8, 4) is 0 Å². The van der Waals surface area contributed by atoms with Gasteiger partial charge in [-0.3, -0.25) is 14.4 Å². The molecular formula is C17H19FN4O3. The van der Waals surface area contributed by atoms with Gasteiger partial charge in [0.05, 0.1) is 10.9 Å². The SMILES string of the molecule is CCn1cc(C=O)c(=O)c2cc(F)c(N3CCN(C(C)=O)CC3)nc21. The van der Waals surface area contributed by atoms with Gasteiger partial charge in [-0.1, -0.05) is 0 Å². The molecule has 3 heterocycles. The molecular weight excluding hydrogens is 327 g/mol. The monoisotopic (exact) mass is 346 g/mol. The largest absolute Gasteiger partial charge is 0.351 e. The van der Waals surface area contributed by atoms with E-state index in [1.165, 1.54) is 13.1 Å². The molecule has 3 rings (SSSR count). The van der Waals surface area contributed by atoms with Gasteiger partial charge in [0.25, 0.3) is 0 Å². The zero-order valence-electron chi connectivity index (χ0n) is 14.2. The number of hydrogen-bond donors (Lipinski definition) is 0. The van der Waals surface area contributed by atoms with Gasteiger partial charge in [-0.05, 0) is 13.0 Å². The number of carbonyl (C=O) groups is 2. The summed E-state index contributed by atoms with van der Waals surface area (Å²) in [7, 11) is 0. The topological polar surface area (TPSA) is 75.5 Å². The number of aldehydes is 1.